The fraction of sp³-hybridized carbons (Fsp3) is 0.250. The van der Waals surface area contributed by atoms with Gasteiger partial charge in [0.05, 0.1) is 0 Å². The smallest absolute Gasteiger partial charge is 0.128 e. The van der Waals surface area contributed by atoms with Crippen molar-refractivity contribution >= 4 is 39.1 Å². The van der Waals surface area contributed by atoms with Crippen LogP contribution in [0.5, 0.6) is 0 Å². The highest BCUT2D eigenvalue weighted by atomic mass is 79.9. The summed E-state index contributed by atoms with van der Waals surface area (Å²) in [6, 6.07) is 10.2. The van der Waals surface area contributed by atoms with Crippen LogP contribution in [0.2, 0.25) is 10.0 Å². The lowest BCUT2D eigenvalue weighted by molar-refractivity contribution is 0.509. The molecule has 0 aliphatic rings. The van der Waals surface area contributed by atoms with Crippen molar-refractivity contribution in [1.29, 1.82) is 0 Å². The minimum absolute atomic E-state index is 0.147. The van der Waals surface area contributed by atoms with Gasteiger partial charge in [0.25, 0.3) is 0 Å². The molecule has 0 saturated carbocycles. The van der Waals surface area contributed by atoms with Crippen LogP contribution in [-0.4, -0.2) is 6.54 Å². The summed E-state index contributed by atoms with van der Waals surface area (Å²) in [5.74, 6) is -0.228. The minimum Gasteiger partial charge on any atom is -0.310 e. The lowest BCUT2D eigenvalue weighted by Gasteiger charge is -2.20. The van der Waals surface area contributed by atoms with E-state index in [0.29, 0.717) is 22.0 Å². The summed E-state index contributed by atoms with van der Waals surface area (Å²) in [5, 5.41) is 4.50. The molecule has 0 aliphatic heterocycles. The van der Waals surface area contributed by atoms with E-state index in [4.69, 9.17) is 23.2 Å². The first-order valence-corrected chi connectivity index (χ1v) is 8.18. The highest BCUT2D eigenvalue weighted by Crippen LogP contribution is 2.28. The SMILES string of the molecule is CCNC(Cc1ccc(Cl)cc1Cl)c1cc(Br)ccc1F. The fourth-order valence-corrected chi connectivity index (χ4v) is 3.09. The van der Waals surface area contributed by atoms with E-state index < -0.39 is 0 Å². The largest absolute Gasteiger partial charge is 0.310 e. The molecule has 0 bridgehead atoms. The van der Waals surface area contributed by atoms with Crippen molar-refractivity contribution in [2.75, 3.05) is 6.54 Å². The first kappa shape index (κ1) is 16.8. The number of likely N-dealkylation sites (N-methyl/N-ethyl adjacent to an activating group) is 1. The van der Waals surface area contributed by atoms with Gasteiger partial charge < -0.3 is 5.32 Å². The van der Waals surface area contributed by atoms with Gasteiger partial charge in [-0.15, -0.1) is 0 Å². The molecule has 1 nitrogen and oxygen atoms in total. The minimum atomic E-state index is -0.228. The van der Waals surface area contributed by atoms with E-state index in [1.807, 2.05) is 13.0 Å². The van der Waals surface area contributed by atoms with Crippen molar-refractivity contribution < 1.29 is 4.39 Å². The highest BCUT2D eigenvalue weighted by Gasteiger charge is 2.17. The van der Waals surface area contributed by atoms with Gasteiger partial charge in [-0.05, 0) is 48.9 Å². The average Bonchev–Trinajstić information content (AvgIpc) is 2.44. The van der Waals surface area contributed by atoms with Crippen LogP contribution in [-0.2, 0) is 6.42 Å². The Hall–Kier alpha value is -0.610. The second-order valence-corrected chi connectivity index (χ2v) is 6.48. The zero-order chi connectivity index (χ0) is 15.4. The van der Waals surface area contributed by atoms with Crippen molar-refractivity contribution in [3.8, 4) is 0 Å². The molecular weight excluding hydrogens is 376 g/mol. The summed E-state index contributed by atoms with van der Waals surface area (Å²) < 4.78 is 14.9. The first-order chi connectivity index (χ1) is 10.0. The number of nitrogens with one attached hydrogen (secondary N) is 1. The van der Waals surface area contributed by atoms with E-state index in [1.165, 1.54) is 6.07 Å². The summed E-state index contributed by atoms with van der Waals surface area (Å²) >= 11 is 15.5. The molecule has 1 unspecified atom stereocenters. The molecule has 21 heavy (non-hydrogen) atoms. The van der Waals surface area contributed by atoms with Crippen LogP contribution in [0.3, 0.4) is 0 Å². The predicted octanol–water partition coefficient (Wildman–Crippen LogP) is 5.79. The third-order valence-electron chi connectivity index (χ3n) is 3.22. The molecule has 0 saturated heterocycles. The van der Waals surface area contributed by atoms with Gasteiger partial charge in [0.2, 0.25) is 0 Å². The summed E-state index contributed by atoms with van der Waals surface area (Å²) in [6.07, 6.45) is 0.594. The Morgan fingerprint density at radius 1 is 1.19 bits per heavy atom. The first-order valence-electron chi connectivity index (χ1n) is 6.63. The van der Waals surface area contributed by atoms with Crippen LogP contribution in [0, 0.1) is 5.82 Å². The summed E-state index contributed by atoms with van der Waals surface area (Å²) in [4.78, 5) is 0. The highest BCUT2D eigenvalue weighted by molar-refractivity contribution is 9.10. The van der Waals surface area contributed by atoms with Crippen molar-refractivity contribution in [1.82, 2.24) is 5.32 Å². The van der Waals surface area contributed by atoms with Crippen LogP contribution < -0.4 is 5.32 Å². The monoisotopic (exact) mass is 389 g/mol. The molecule has 0 amide bonds. The molecular formula is C16H15BrCl2FN. The molecule has 0 radical (unpaired) electrons. The number of hydrogen-bond acceptors (Lipinski definition) is 1. The van der Waals surface area contributed by atoms with Gasteiger partial charge in [-0.3, -0.25) is 0 Å². The molecule has 0 spiro atoms. The van der Waals surface area contributed by atoms with Crippen LogP contribution in [0.15, 0.2) is 40.9 Å². The predicted molar refractivity (Wildman–Crippen MR) is 90.7 cm³/mol. The Balaban J connectivity index is 2.32. The second kappa shape index (κ2) is 7.59. The van der Waals surface area contributed by atoms with Crippen LogP contribution >= 0.6 is 39.1 Å². The Labute approximate surface area is 142 Å². The van der Waals surface area contributed by atoms with E-state index in [2.05, 4.69) is 21.2 Å². The Morgan fingerprint density at radius 2 is 1.95 bits per heavy atom. The second-order valence-electron chi connectivity index (χ2n) is 4.72. The van der Waals surface area contributed by atoms with E-state index in [1.54, 1.807) is 24.3 Å². The maximum absolute atomic E-state index is 14.1. The molecule has 0 fully saturated rings. The van der Waals surface area contributed by atoms with Gasteiger partial charge in [0, 0.05) is 26.1 Å². The van der Waals surface area contributed by atoms with E-state index in [0.717, 1.165) is 16.6 Å². The van der Waals surface area contributed by atoms with Gasteiger partial charge in [0.15, 0.2) is 0 Å². The molecule has 0 aliphatic carbocycles. The van der Waals surface area contributed by atoms with Crippen molar-refractivity contribution in [2.24, 2.45) is 0 Å². The Bertz CT molecular complexity index is 634. The molecule has 5 heteroatoms. The van der Waals surface area contributed by atoms with E-state index in [9.17, 15) is 4.39 Å². The third kappa shape index (κ3) is 4.43. The molecule has 2 aromatic rings. The maximum atomic E-state index is 14.1. The number of hydrogen-bond donors (Lipinski definition) is 1. The molecule has 0 aromatic heterocycles. The van der Waals surface area contributed by atoms with Gasteiger partial charge in [-0.25, -0.2) is 4.39 Å². The standard InChI is InChI=1S/C16H15BrCl2FN/c1-2-21-16(13-8-11(17)4-6-15(13)20)7-10-3-5-12(18)9-14(10)19/h3-6,8-9,16,21H,2,7H2,1H3. The summed E-state index contributed by atoms with van der Waals surface area (Å²) in [7, 11) is 0. The zero-order valence-electron chi connectivity index (χ0n) is 11.5. The third-order valence-corrected chi connectivity index (χ3v) is 4.30. The maximum Gasteiger partial charge on any atom is 0.128 e. The quantitative estimate of drug-likeness (QED) is 0.681. The topological polar surface area (TPSA) is 12.0 Å². The number of benzene rings is 2. The van der Waals surface area contributed by atoms with Gasteiger partial charge >= 0.3 is 0 Å². The molecule has 1 atom stereocenters. The lowest BCUT2D eigenvalue weighted by atomic mass is 9.98. The summed E-state index contributed by atoms with van der Waals surface area (Å²) in [5.41, 5.74) is 1.56. The van der Waals surface area contributed by atoms with Crippen molar-refractivity contribution in [2.45, 2.75) is 19.4 Å². The number of rotatable bonds is 5. The van der Waals surface area contributed by atoms with E-state index in [-0.39, 0.29) is 11.9 Å². The Kier molecular flexibility index (Phi) is 6.06. The van der Waals surface area contributed by atoms with Crippen molar-refractivity contribution in [3.05, 3.63) is 67.9 Å². The van der Waals surface area contributed by atoms with Crippen LogP contribution in [0.4, 0.5) is 4.39 Å². The van der Waals surface area contributed by atoms with Gasteiger partial charge in [0.1, 0.15) is 5.82 Å². The normalized spacial score (nSPS) is 12.4. The molecule has 0 heterocycles. The average molecular weight is 391 g/mol. The van der Waals surface area contributed by atoms with Crippen molar-refractivity contribution in [3.63, 3.8) is 0 Å². The molecule has 112 valence electrons. The van der Waals surface area contributed by atoms with Crippen LogP contribution in [0.25, 0.3) is 0 Å². The molecule has 1 N–H and O–H groups in total. The lowest BCUT2D eigenvalue weighted by Crippen LogP contribution is -2.24. The molecule has 2 rings (SSSR count). The fourth-order valence-electron chi connectivity index (χ4n) is 2.23. The summed E-state index contributed by atoms with van der Waals surface area (Å²) in [6.45, 7) is 2.73. The zero-order valence-corrected chi connectivity index (χ0v) is 14.6. The van der Waals surface area contributed by atoms with Gasteiger partial charge in [-0.2, -0.15) is 0 Å². The van der Waals surface area contributed by atoms with Gasteiger partial charge in [-0.1, -0.05) is 52.1 Å². The molecule has 2 aromatic carbocycles. The van der Waals surface area contributed by atoms with E-state index >= 15 is 0 Å². The number of halogens is 4. The van der Waals surface area contributed by atoms with Crippen LogP contribution in [0.1, 0.15) is 24.1 Å². The Morgan fingerprint density at radius 3 is 2.62 bits per heavy atom.